The van der Waals surface area contributed by atoms with Gasteiger partial charge in [-0.2, -0.15) is 16.8 Å². The number of thiazole rings is 1. The highest BCUT2D eigenvalue weighted by Crippen LogP contribution is 2.38. The van der Waals surface area contributed by atoms with Crippen LogP contribution in [0.4, 0.5) is 0 Å². The summed E-state index contributed by atoms with van der Waals surface area (Å²) in [6, 6.07) is 9.69. The number of aromatic nitrogens is 1. The maximum atomic E-state index is 13.0. The Morgan fingerprint density at radius 1 is 1.10 bits per heavy atom. The lowest BCUT2D eigenvalue weighted by molar-refractivity contribution is 0.0997. The molecule has 0 aliphatic rings. The van der Waals surface area contributed by atoms with Gasteiger partial charge in [-0.1, -0.05) is 24.3 Å². The lowest BCUT2D eigenvalue weighted by Gasteiger charge is -2.12. The minimum Gasteiger partial charge on any atom is -0.493 e. The average molecular weight is 447 g/mol. The van der Waals surface area contributed by atoms with Gasteiger partial charge in [0.25, 0.3) is 5.91 Å². The molecule has 1 heterocycles. The molecule has 3 aromatic rings. The SMILES string of the molecule is CCc1ccc2c(c1)sc(=NC(=O)c1cc(OC)c(OC)c(OC)c1)n2CCSC. The van der Waals surface area contributed by atoms with E-state index in [-0.39, 0.29) is 5.91 Å². The Hall–Kier alpha value is -2.45. The number of aryl methyl sites for hydroxylation is 2. The van der Waals surface area contributed by atoms with E-state index in [1.807, 2.05) is 0 Å². The maximum Gasteiger partial charge on any atom is 0.279 e. The van der Waals surface area contributed by atoms with E-state index in [9.17, 15) is 4.79 Å². The summed E-state index contributed by atoms with van der Waals surface area (Å²) >= 11 is 3.30. The molecule has 0 bridgehead atoms. The zero-order valence-electron chi connectivity index (χ0n) is 17.9. The highest BCUT2D eigenvalue weighted by atomic mass is 32.2. The highest BCUT2D eigenvalue weighted by molar-refractivity contribution is 7.98. The van der Waals surface area contributed by atoms with Crippen LogP contribution >= 0.6 is 23.1 Å². The van der Waals surface area contributed by atoms with Crippen molar-refractivity contribution in [1.82, 2.24) is 4.57 Å². The third kappa shape index (κ3) is 4.49. The van der Waals surface area contributed by atoms with Gasteiger partial charge in [0.1, 0.15) is 0 Å². The van der Waals surface area contributed by atoms with Gasteiger partial charge in [-0.3, -0.25) is 4.79 Å². The third-order valence-electron chi connectivity index (χ3n) is 4.78. The van der Waals surface area contributed by atoms with Gasteiger partial charge in [-0.25, -0.2) is 0 Å². The fourth-order valence-corrected chi connectivity index (χ4v) is 4.66. The number of hydrogen-bond acceptors (Lipinski definition) is 6. The number of thioether (sulfide) groups is 1. The van der Waals surface area contributed by atoms with Gasteiger partial charge in [0.15, 0.2) is 16.3 Å². The van der Waals surface area contributed by atoms with Crippen LogP contribution in [-0.2, 0) is 13.0 Å². The minimum atomic E-state index is -0.352. The van der Waals surface area contributed by atoms with Crippen molar-refractivity contribution in [3.8, 4) is 17.2 Å². The van der Waals surface area contributed by atoms with E-state index in [1.165, 1.54) is 38.2 Å². The van der Waals surface area contributed by atoms with Crippen LogP contribution in [0.2, 0.25) is 0 Å². The van der Waals surface area contributed by atoms with Crippen LogP contribution in [0.25, 0.3) is 10.2 Å². The van der Waals surface area contributed by atoms with Crippen molar-refractivity contribution < 1.29 is 19.0 Å². The summed E-state index contributed by atoms with van der Waals surface area (Å²) < 4.78 is 19.3. The zero-order valence-corrected chi connectivity index (χ0v) is 19.5. The van der Waals surface area contributed by atoms with Gasteiger partial charge < -0.3 is 18.8 Å². The molecular weight excluding hydrogens is 420 g/mol. The van der Waals surface area contributed by atoms with Crippen molar-refractivity contribution in [3.05, 3.63) is 46.3 Å². The van der Waals surface area contributed by atoms with E-state index in [0.29, 0.717) is 27.6 Å². The molecule has 0 spiro atoms. The Kier molecular flexibility index (Phi) is 7.44. The van der Waals surface area contributed by atoms with Crippen molar-refractivity contribution in [2.75, 3.05) is 33.3 Å². The molecule has 0 radical (unpaired) electrons. The summed E-state index contributed by atoms with van der Waals surface area (Å²) in [5.74, 6) is 1.88. The third-order valence-corrected chi connectivity index (χ3v) is 6.42. The van der Waals surface area contributed by atoms with Crippen LogP contribution in [-0.4, -0.2) is 43.8 Å². The van der Waals surface area contributed by atoms with E-state index in [4.69, 9.17) is 14.2 Å². The second kappa shape index (κ2) is 10.0. The predicted molar refractivity (Wildman–Crippen MR) is 124 cm³/mol. The Bertz CT molecular complexity index is 1090. The minimum absolute atomic E-state index is 0.352. The molecule has 2 aromatic carbocycles. The Morgan fingerprint density at radius 3 is 2.37 bits per heavy atom. The number of rotatable bonds is 8. The quantitative estimate of drug-likeness (QED) is 0.513. The fourth-order valence-electron chi connectivity index (χ4n) is 3.18. The van der Waals surface area contributed by atoms with Crippen LogP contribution in [0.5, 0.6) is 17.2 Å². The second-order valence-corrected chi connectivity index (χ2v) is 8.51. The number of nitrogens with zero attached hydrogens (tertiary/aromatic N) is 2. The number of amides is 1. The molecular formula is C22H26N2O4S2. The molecule has 0 saturated heterocycles. The van der Waals surface area contributed by atoms with Crippen molar-refractivity contribution in [2.45, 2.75) is 19.9 Å². The summed E-state index contributed by atoms with van der Waals surface area (Å²) in [7, 11) is 4.58. The van der Waals surface area contributed by atoms with E-state index >= 15 is 0 Å². The van der Waals surface area contributed by atoms with Crippen molar-refractivity contribution in [3.63, 3.8) is 0 Å². The monoisotopic (exact) mass is 446 g/mol. The number of benzene rings is 2. The lowest BCUT2D eigenvalue weighted by Crippen LogP contribution is -2.18. The number of hydrogen-bond donors (Lipinski definition) is 0. The molecule has 0 aliphatic heterocycles. The molecule has 0 aliphatic carbocycles. The van der Waals surface area contributed by atoms with Crippen LogP contribution < -0.4 is 19.0 Å². The van der Waals surface area contributed by atoms with Crippen molar-refractivity contribution in [2.24, 2.45) is 4.99 Å². The van der Waals surface area contributed by atoms with Crippen molar-refractivity contribution in [1.29, 1.82) is 0 Å². The largest absolute Gasteiger partial charge is 0.493 e. The van der Waals surface area contributed by atoms with E-state index in [0.717, 1.165) is 28.9 Å². The summed E-state index contributed by atoms with van der Waals surface area (Å²) in [5, 5.41) is 0. The van der Waals surface area contributed by atoms with Gasteiger partial charge in [-0.05, 0) is 42.5 Å². The molecule has 0 N–H and O–H groups in total. The van der Waals surface area contributed by atoms with Gasteiger partial charge in [-0.15, -0.1) is 0 Å². The Balaban J connectivity index is 2.12. The molecule has 1 aromatic heterocycles. The zero-order chi connectivity index (χ0) is 21.7. The normalized spacial score (nSPS) is 11.7. The van der Waals surface area contributed by atoms with Crippen LogP contribution in [0.1, 0.15) is 22.8 Å². The van der Waals surface area contributed by atoms with E-state index in [1.54, 1.807) is 23.9 Å². The smallest absolute Gasteiger partial charge is 0.279 e. The van der Waals surface area contributed by atoms with Crippen LogP contribution in [0.15, 0.2) is 35.3 Å². The van der Waals surface area contributed by atoms with E-state index in [2.05, 4.69) is 40.9 Å². The maximum absolute atomic E-state index is 13.0. The number of methoxy groups -OCH3 is 3. The fraction of sp³-hybridized carbons (Fsp3) is 0.364. The topological polar surface area (TPSA) is 62.1 Å². The molecule has 0 unspecified atom stereocenters. The summed E-state index contributed by atoms with van der Waals surface area (Å²) in [5.41, 5.74) is 2.75. The molecule has 8 heteroatoms. The standard InChI is InChI=1S/C22H26N2O4S2/c1-6-14-7-8-16-19(11-14)30-22(24(16)9-10-29-5)23-21(25)15-12-17(26-2)20(28-4)18(13-15)27-3/h7-8,11-13H,6,9-10H2,1-5H3. The first-order valence-electron chi connectivity index (χ1n) is 9.56. The highest BCUT2D eigenvalue weighted by Gasteiger charge is 2.17. The second-order valence-electron chi connectivity index (χ2n) is 6.52. The van der Waals surface area contributed by atoms with Gasteiger partial charge in [0.2, 0.25) is 5.75 Å². The van der Waals surface area contributed by atoms with Crippen LogP contribution in [0.3, 0.4) is 0 Å². The summed E-state index contributed by atoms with van der Waals surface area (Å²) in [4.78, 5) is 18.2. The summed E-state index contributed by atoms with van der Waals surface area (Å²) in [6.45, 7) is 2.92. The molecule has 0 saturated carbocycles. The first-order chi connectivity index (χ1) is 14.6. The number of carbonyl (C=O) groups is 1. The Morgan fingerprint density at radius 2 is 1.80 bits per heavy atom. The van der Waals surface area contributed by atoms with Gasteiger partial charge in [0.05, 0.1) is 31.5 Å². The molecule has 30 heavy (non-hydrogen) atoms. The van der Waals surface area contributed by atoms with Gasteiger partial charge in [0, 0.05) is 17.9 Å². The van der Waals surface area contributed by atoms with Gasteiger partial charge >= 0.3 is 0 Å². The first kappa shape index (κ1) is 22.2. The molecule has 1 amide bonds. The predicted octanol–water partition coefficient (Wildman–Crippen LogP) is 4.40. The Labute approximate surface area is 184 Å². The van der Waals surface area contributed by atoms with E-state index < -0.39 is 0 Å². The molecule has 0 atom stereocenters. The number of ether oxygens (including phenoxy) is 3. The average Bonchev–Trinajstić information content (AvgIpc) is 3.11. The molecule has 3 rings (SSSR count). The molecule has 6 nitrogen and oxygen atoms in total. The molecule has 160 valence electrons. The van der Waals surface area contributed by atoms with Crippen molar-refractivity contribution >= 4 is 39.2 Å². The summed E-state index contributed by atoms with van der Waals surface area (Å²) in [6.07, 6.45) is 3.04. The first-order valence-corrected chi connectivity index (χ1v) is 11.8. The van der Waals surface area contributed by atoms with Crippen LogP contribution in [0, 0.1) is 0 Å². The number of carbonyl (C=O) groups excluding carboxylic acids is 1. The molecule has 0 fully saturated rings. The number of fused-ring (bicyclic) bond motifs is 1. The lowest BCUT2D eigenvalue weighted by atomic mass is 10.1.